The third-order valence-electron chi connectivity index (χ3n) is 5.08. The molecule has 0 radical (unpaired) electrons. The van der Waals surface area contributed by atoms with Crippen LogP contribution in [0.2, 0.25) is 0 Å². The van der Waals surface area contributed by atoms with E-state index in [0.29, 0.717) is 35.8 Å². The summed E-state index contributed by atoms with van der Waals surface area (Å²) in [5.74, 6) is 1.82. The molecule has 1 atom stereocenters. The largest absolute Gasteiger partial charge is 0.441 e. The average Bonchev–Trinajstić information content (AvgIpc) is 3.06. The molecule has 1 amide bonds. The molecule has 2 aromatic rings. The van der Waals surface area contributed by atoms with Crippen LogP contribution in [0.5, 0.6) is 0 Å². The predicted molar refractivity (Wildman–Crippen MR) is 109 cm³/mol. The number of nitrogens with zero attached hydrogens (tertiary/aromatic N) is 2. The van der Waals surface area contributed by atoms with Gasteiger partial charge in [-0.3, -0.25) is 9.69 Å². The Bertz CT molecular complexity index is 752. The van der Waals surface area contributed by atoms with Crippen LogP contribution < -0.4 is 5.32 Å². The summed E-state index contributed by atoms with van der Waals surface area (Å²) >= 11 is 0. The van der Waals surface area contributed by atoms with Gasteiger partial charge in [0.25, 0.3) is 0 Å². The summed E-state index contributed by atoms with van der Waals surface area (Å²) in [4.78, 5) is 19.5. The molecule has 1 aliphatic rings. The summed E-state index contributed by atoms with van der Waals surface area (Å²) in [7, 11) is 0. The van der Waals surface area contributed by atoms with Crippen molar-refractivity contribution in [3.05, 3.63) is 41.8 Å². The van der Waals surface area contributed by atoms with E-state index in [1.54, 1.807) is 0 Å². The van der Waals surface area contributed by atoms with Crippen LogP contribution in [-0.4, -0.2) is 54.7 Å². The van der Waals surface area contributed by atoms with Crippen LogP contribution in [0, 0.1) is 12.8 Å². The molecule has 1 fully saturated rings. The van der Waals surface area contributed by atoms with Crippen LogP contribution >= 0.6 is 0 Å². The molecule has 2 heterocycles. The van der Waals surface area contributed by atoms with Crippen molar-refractivity contribution in [3.63, 3.8) is 0 Å². The predicted octanol–water partition coefficient (Wildman–Crippen LogP) is 3.06. The lowest BCUT2D eigenvalue weighted by atomic mass is 10.0. The summed E-state index contributed by atoms with van der Waals surface area (Å²) in [6, 6.07) is 10.1. The maximum atomic E-state index is 12.5. The number of hydrogen-bond acceptors (Lipinski definition) is 5. The Morgan fingerprint density at radius 1 is 1.21 bits per heavy atom. The Kier molecular flexibility index (Phi) is 7.23. The van der Waals surface area contributed by atoms with E-state index < -0.39 is 0 Å². The average molecular weight is 386 g/mol. The number of ether oxygens (including phenoxy) is 1. The maximum absolute atomic E-state index is 12.5. The highest BCUT2D eigenvalue weighted by molar-refractivity contribution is 5.78. The molecule has 1 aliphatic heterocycles. The molecule has 0 bridgehead atoms. The lowest BCUT2D eigenvalue weighted by molar-refractivity contribution is -0.120. The lowest BCUT2D eigenvalue weighted by Gasteiger charge is -2.35. The number of nitrogens with one attached hydrogen (secondary N) is 1. The molecule has 0 aliphatic carbocycles. The number of oxazole rings is 1. The van der Waals surface area contributed by atoms with Gasteiger partial charge in [0.15, 0.2) is 0 Å². The fourth-order valence-corrected chi connectivity index (χ4v) is 3.59. The molecule has 1 saturated heterocycles. The van der Waals surface area contributed by atoms with Gasteiger partial charge in [-0.2, -0.15) is 0 Å². The van der Waals surface area contributed by atoms with E-state index in [2.05, 4.69) is 29.0 Å². The third-order valence-corrected chi connectivity index (χ3v) is 5.08. The van der Waals surface area contributed by atoms with Crippen LogP contribution in [0.1, 0.15) is 31.7 Å². The minimum atomic E-state index is -0.0157. The van der Waals surface area contributed by atoms with Crippen LogP contribution in [0.15, 0.2) is 34.7 Å². The number of carbonyl (C=O) groups excluding carboxylic acids is 1. The first kappa shape index (κ1) is 20.6. The topological polar surface area (TPSA) is 67.6 Å². The van der Waals surface area contributed by atoms with Crippen molar-refractivity contribution >= 4 is 5.91 Å². The van der Waals surface area contributed by atoms with E-state index in [9.17, 15) is 4.79 Å². The third kappa shape index (κ3) is 5.66. The molecule has 28 heavy (non-hydrogen) atoms. The van der Waals surface area contributed by atoms with Crippen molar-refractivity contribution in [2.24, 2.45) is 5.92 Å². The Morgan fingerprint density at radius 2 is 1.93 bits per heavy atom. The van der Waals surface area contributed by atoms with E-state index in [-0.39, 0.29) is 12.3 Å². The van der Waals surface area contributed by atoms with Gasteiger partial charge in [0.1, 0.15) is 5.76 Å². The van der Waals surface area contributed by atoms with Gasteiger partial charge in [0, 0.05) is 31.2 Å². The standard InChI is InChI=1S/C22H31N3O3/c1-16(2)13-19(25-9-11-27-12-10-25)15-23-21(26)14-20-17(3)28-22(24-20)18-7-5-4-6-8-18/h4-8,16,19H,9-15H2,1-3H3,(H,23,26). The van der Waals surface area contributed by atoms with E-state index in [0.717, 1.165) is 38.3 Å². The molecule has 6 heteroatoms. The first-order valence-electron chi connectivity index (χ1n) is 10.1. The van der Waals surface area contributed by atoms with Gasteiger partial charge in [-0.05, 0) is 31.4 Å². The maximum Gasteiger partial charge on any atom is 0.226 e. The Morgan fingerprint density at radius 3 is 2.61 bits per heavy atom. The molecule has 1 N–H and O–H groups in total. The zero-order chi connectivity index (χ0) is 19.9. The van der Waals surface area contributed by atoms with Crippen molar-refractivity contribution in [1.29, 1.82) is 0 Å². The van der Waals surface area contributed by atoms with E-state index in [1.165, 1.54) is 0 Å². The van der Waals surface area contributed by atoms with Crippen molar-refractivity contribution < 1.29 is 13.9 Å². The summed E-state index contributed by atoms with van der Waals surface area (Å²) in [5, 5.41) is 3.11. The highest BCUT2D eigenvalue weighted by Gasteiger charge is 2.23. The number of aromatic nitrogens is 1. The molecule has 1 aromatic heterocycles. The highest BCUT2D eigenvalue weighted by Crippen LogP contribution is 2.21. The highest BCUT2D eigenvalue weighted by atomic mass is 16.5. The fraction of sp³-hybridized carbons (Fsp3) is 0.545. The van der Waals surface area contributed by atoms with Gasteiger partial charge in [-0.1, -0.05) is 32.0 Å². The van der Waals surface area contributed by atoms with Crippen LogP contribution in [-0.2, 0) is 16.0 Å². The minimum Gasteiger partial charge on any atom is -0.441 e. The van der Waals surface area contributed by atoms with E-state index in [4.69, 9.17) is 9.15 Å². The van der Waals surface area contributed by atoms with Crippen molar-refractivity contribution in [3.8, 4) is 11.5 Å². The number of rotatable bonds is 8. The molecular weight excluding hydrogens is 354 g/mol. The Labute approximate surface area is 167 Å². The summed E-state index contributed by atoms with van der Waals surface area (Å²) < 4.78 is 11.2. The lowest BCUT2D eigenvalue weighted by Crippen LogP contribution is -2.49. The van der Waals surface area contributed by atoms with Crippen LogP contribution in [0.3, 0.4) is 0 Å². The van der Waals surface area contributed by atoms with Crippen molar-refractivity contribution in [2.75, 3.05) is 32.8 Å². The zero-order valence-electron chi connectivity index (χ0n) is 17.1. The number of amides is 1. The van der Waals surface area contributed by atoms with Crippen LogP contribution in [0.4, 0.5) is 0 Å². The molecule has 152 valence electrons. The second-order valence-corrected chi connectivity index (χ2v) is 7.80. The first-order chi connectivity index (χ1) is 13.5. The molecule has 6 nitrogen and oxygen atoms in total. The van der Waals surface area contributed by atoms with Gasteiger partial charge < -0.3 is 14.5 Å². The minimum absolute atomic E-state index is 0.0157. The van der Waals surface area contributed by atoms with Gasteiger partial charge >= 0.3 is 0 Å². The Hall–Kier alpha value is -2.18. The summed E-state index contributed by atoms with van der Waals surface area (Å²) in [6.07, 6.45) is 1.29. The number of carbonyl (C=O) groups is 1. The second-order valence-electron chi connectivity index (χ2n) is 7.80. The summed E-state index contributed by atoms with van der Waals surface area (Å²) in [6.45, 7) is 10.3. The van der Waals surface area contributed by atoms with E-state index >= 15 is 0 Å². The van der Waals surface area contributed by atoms with Crippen molar-refractivity contribution in [2.45, 2.75) is 39.7 Å². The second kappa shape index (κ2) is 9.85. The fourth-order valence-electron chi connectivity index (χ4n) is 3.59. The quantitative estimate of drug-likeness (QED) is 0.756. The molecule has 3 rings (SSSR count). The molecular formula is C22H31N3O3. The van der Waals surface area contributed by atoms with E-state index in [1.807, 2.05) is 37.3 Å². The van der Waals surface area contributed by atoms with Crippen molar-refractivity contribution in [1.82, 2.24) is 15.2 Å². The van der Waals surface area contributed by atoms with Gasteiger partial charge in [-0.15, -0.1) is 0 Å². The normalized spacial score (nSPS) is 16.3. The van der Waals surface area contributed by atoms with Gasteiger partial charge in [0.05, 0.1) is 25.3 Å². The van der Waals surface area contributed by atoms with Crippen LogP contribution in [0.25, 0.3) is 11.5 Å². The number of morpholine rings is 1. The van der Waals surface area contributed by atoms with Gasteiger partial charge in [0.2, 0.25) is 11.8 Å². The molecule has 1 aromatic carbocycles. The number of benzene rings is 1. The summed E-state index contributed by atoms with van der Waals surface area (Å²) in [5.41, 5.74) is 1.62. The number of hydrogen-bond donors (Lipinski definition) is 1. The smallest absolute Gasteiger partial charge is 0.226 e. The molecule has 0 saturated carbocycles. The first-order valence-corrected chi connectivity index (χ1v) is 10.1. The monoisotopic (exact) mass is 385 g/mol. The SMILES string of the molecule is Cc1oc(-c2ccccc2)nc1CC(=O)NCC(CC(C)C)N1CCOCC1. The molecule has 1 unspecified atom stereocenters. The Balaban J connectivity index is 1.57. The van der Waals surface area contributed by atoms with Gasteiger partial charge in [-0.25, -0.2) is 4.98 Å². The zero-order valence-corrected chi connectivity index (χ0v) is 17.1. The number of aryl methyl sites for hydroxylation is 1. The molecule has 0 spiro atoms.